The first-order chi connectivity index (χ1) is 9.13. The Labute approximate surface area is 121 Å². The number of aromatic nitrogens is 2. The average molecular weight is 301 g/mol. The van der Waals surface area contributed by atoms with Crippen molar-refractivity contribution in [3.63, 3.8) is 0 Å². The predicted octanol–water partition coefficient (Wildman–Crippen LogP) is 2.97. The van der Waals surface area contributed by atoms with Gasteiger partial charge in [0.15, 0.2) is 6.29 Å². The second-order valence-electron chi connectivity index (χ2n) is 3.66. The van der Waals surface area contributed by atoms with Crippen molar-refractivity contribution in [1.29, 1.82) is 0 Å². The number of rotatable bonds is 3. The molecule has 4 nitrogen and oxygen atoms in total. The van der Waals surface area contributed by atoms with Gasteiger partial charge in [0.05, 0.1) is 17.8 Å². The third kappa shape index (κ3) is 3.56. The number of halogens is 2. The van der Waals surface area contributed by atoms with E-state index in [0.29, 0.717) is 34.3 Å². The van der Waals surface area contributed by atoms with Crippen LogP contribution in [0.25, 0.3) is 0 Å². The lowest BCUT2D eigenvalue weighted by Crippen LogP contribution is -2.02. The van der Waals surface area contributed by atoms with Gasteiger partial charge >= 0.3 is 0 Å². The zero-order valence-corrected chi connectivity index (χ0v) is 12.1. The van der Waals surface area contributed by atoms with Gasteiger partial charge in [0, 0.05) is 12.1 Å². The van der Waals surface area contributed by atoms with E-state index in [0.717, 1.165) is 12.7 Å². The molecular formula is C13H14Cl2N2O2. The summed E-state index contributed by atoms with van der Waals surface area (Å²) in [5.41, 5.74) is 1.96. The Balaban J connectivity index is 0.000000861. The molecule has 1 aromatic heterocycles. The minimum atomic E-state index is 0.345. The topological polar surface area (TPSA) is 55.1 Å². The Morgan fingerprint density at radius 1 is 1.32 bits per heavy atom. The average Bonchev–Trinajstić information content (AvgIpc) is 2.69. The van der Waals surface area contributed by atoms with Gasteiger partial charge in [-0.15, -0.1) is 0 Å². The molecule has 0 saturated heterocycles. The van der Waals surface area contributed by atoms with Crippen LogP contribution < -0.4 is 0 Å². The Morgan fingerprint density at radius 3 is 2.47 bits per heavy atom. The smallest absolute Gasteiger partial charge is 0.155 e. The predicted molar refractivity (Wildman–Crippen MR) is 76.1 cm³/mol. The van der Waals surface area contributed by atoms with Crippen molar-refractivity contribution in [1.82, 2.24) is 9.78 Å². The number of aldehydes is 1. The molecule has 6 heteroatoms. The second-order valence-corrected chi connectivity index (χ2v) is 4.42. The third-order valence-electron chi connectivity index (χ3n) is 2.51. The van der Waals surface area contributed by atoms with E-state index in [1.807, 2.05) is 24.3 Å². The number of carbonyl (C=O) groups excluding carboxylic acids is 1. The van der Waals surface area contributed by atoms with Crippen LogP contribution in [-0.4, -0.2) is 28.3 Å². The summed E-state index contributed by atoms with van der Waals surface area (Å²) < 4.78 is 1.57. The van der Waals surface area contributed by atoms with Gasteiger partial charge in [0.25, 0.3) is 0 Å². The molecular weight excluding hydrogens is 287 g/mol. The standard InChI is InChI=1S/C12H10Cl2N2O.CH4O/c1-8-10(7-17)12(14)16(15-8)6-9-4-2-3-5-11(9)13;1-2/h2-5,7H,6H2,1H3;2H,1H3. The molecule has 0 atom stereocenters. The van der Waals surface area contributed by atoms with E-state index in [4.69, 9.17) is 28.3 Å². The monoisotopic (exact) mass is 300 g/mol. The first-order valence-corrected chi connectivity index (χ1v) is 6.25. The third-order valence-corrected chi connectivity index (χ3v) is 3.27. The van der Waals surface area contributed by atoms with E-state index in [2.05, 4.69) is 5.10 Å². The second kappa shape index (κ2) is 7.28. The summed E-state index contributed by atoms with van der Waals surface area (Å²) in [6, 6.07) is 7.46. The van der Waals surface area contributed by atoms with Crippen LogP contribution >= 0.6 is 23.2 Å². The number of carbonyl (C=O) groups is 1. The lowest BCUT2D eigenvalue weighted by molar-refractivity contribution is 0.112. The maximum absolute atomic E-state index is 10.8. The van der Waals surface area contributed by atoms with Crippen molar-refractivity contribution in [2.24, 2.45) is 0 Å². The van der Waals surface area contributed by atoms with Gasteiger partial charge in [-0.2, -0.15) is 5.10 Å². The summed E-state index contributed by atoms with van der Waals surface area (Å²) in [7, 11) is 1.00. The van der Waals surface area contributed by atoms with Crippen molar-refractivity contribution < 1.29 is 9.90 Å². The SMILES string of the molecule is CO.Cc1nn(Cc2ccccc2Cl)c(Cl)c1C=O. The molecule has 1 N–H and O–H groups in total. The van der Waals surface area contributed by atoms with Crippen LogP contribution in [0.1, 0.15) is 21.6 Å². The van der Waals surface area contributed by atoms with Gasteiger partial charge in [-0.05, 0) is 18.6 Å². The minimum absolute atomic E-state index is 0.345. The normalized spacial score (nSPS) is 9.74. The highest BCUT2D eigenvalue weighted by molar-refractivity contribution is 6.32. The van der Waals surface area contributed by atoms with Crippen molar-refractivity contribution >= 4 is 29.5 Å². The molecule has 19 heavy (non-hydrogen) atoms. The molecule has 0 radical (unpaired) electrons. The maximum atomic E-state index is 10.8. The van der Waals surface area contributed by atoms with E-state index in [1.165, 1.54) is 0 Å². The fraction of sp³-hybridized carbons (Fsp3) is 0.231. The van der Waals surface area contributed by atoms with Gasteiger partial charge in [-0.25, -0.2) is 4.68 Å². The summed E-state index contributed by atoms with van der Waals surface area (Å²) in [6.07, 6.45) is 0.716. The van der Waals surface area contributed by atoms with Crippen LogP contribution in [0.3, 0.4) is 0 Å². The minimum Gasteiger partial charge on any atom is -0.400 e. The molecule has 0 aliphatic carbocycles. The van der Waals surface area contributed by atoms with E-state index in [9.17, 15) is 4.79 Å². The van der Waals surface area contributed by atoms with E-state index < -0.39 is 0 Å². The molecule has 102 valence electrons. The number of benzene rings is 1. The molecule has 2 aromatic rings. The summed E-state index contributed by atoms with van der Waals surface area (Å²) in [5, 5.41) is 12.2. The number of hydrogen-bond acceptors (Lipinski definition) is 3. The molecule has 0 saturated carbocycles. The molecule has 0 amide bonds. The Bertz CT molecular complexity index is 568. The highest BCUT2D eigenvalue weighted by Gasteiger charge is 2.13. The van der Waals surface area contributed by atoms with Gasteiger partial charge in [-0.1, -0.05) is 41.4 Å². The van der Waals surface area contributed by atoms with Crippen molar-refractivity contribution in [3.05, 3.63) is 51.3 Å². The van der Waals surface area contributed by atoms with Crippen molar-refractivity contribution in [3.8, 4) is 0 Å². The van der Waals surface area contributed by atoms with Crippen LogP contribution in [0.4, 0.5) is 0 Å². The highest BCUT2D eigenvalue weighted by Crippen LogP contribution is 2.21. The van der Waals surface area contributed by atoms with Crippen LogP contribution in [-0.2, 0) is 6.54 Å². The Hall–Kier alpha value is -1.36. The summed E-state index contributed by atoms with van der Waals surface area (Å²) in [4.78, 5) is 10.8. The first kappa shape index (κ1) is 15.7. The molecule has 0 unspecified atom stereocenters. The highest BCUT2D eigenvalue weighted by atomic mass is 35.5. The van der Waals surface area contributed by atoms with Crippen molar-refractivity contribution in [2.45, 2.75) is 13.5 Å². The van der Waals surface area contributed by atoms with Gasteiger partial charge in [0.1, 0.15) is 5.15 Å². The molecule has 1 heterocycles. The van der Waals surface area contributed by atoms with Crippen LogP contribution in [0.15, 0.2) is 24.3 Å². The largest absolute Gasteiger partial charge is 0.400 e. The van der Waals surface area contributed by atoms with Crippen LogP contribution in [0, 0.1) is 6.92 Å². The summed E-state index contributed by atoms with van der Waals surface area (Å²) in [5.74, 6) is 0. The van der Waals surface area contributed by atoms with Gasteiger partial charge < -0.3 is 5.11 Å². The Kier molecular flexibility index (Phi) is 6.02. The molecule has 0 spiro atoms. The van der Waals surface area contributed by atoms with Gasteiger partial charge in [0.2, 0.25) is 0 Å². The van der Waals surface area contributed by atoms with Gasteiger partial charge in [-0.3, -0.25) is 4.79 Å². The zero-order valence-electron chi connectivity index (χ0n) is 10.6. The van der Waals surface area contributed by atoms with E-state index in [1.54, 1.807) is 11.6 Å². The lowest BCUT2D eigenvalue weighted by Gasteiger charge is -2.05. The summed E-state index contributed by atoms with van der Waals surface area (Å²) >= 11 is 12.1. The summed E-state index contributed by atoms with van der Waals surface area (Å²) in [6.45, 7) is 2.20. The number of aliphatic hydroxyl groups excluding tert-OH is 1. The lowest BCUT2D eigenvalue weighted by atomic mass is 10.2. The fourth-order valence-electron chi connectivity index (χ4n) is 1.59. The van der Waals surface area contributed by atoms with Crippen LogP contribution in [0.5, 0.6) is 0 Å². The number of nitrogens with zero attached hydrogens (tertiary/aromatic N) is 2. The number of hydrogen-bond donors (Lipinski definition) is 1. The molecule has 0 bridgehead atoms. The molecule has 1 aromatic carbocycles. The molecule has 0 aliphatic rings. The first-order valence-electron chi connectivity index (χ1n) is 5.49. The fourth-order valence-corrected chi connectivity index (χ4v) is 2.07. The number of aryl methyl sites for hydroxylation is 1. The maximum Gasteiger partial charge on any atom is 0.155 e. The molecule has 0 aliphatic heterocycles. The van der Waals surface area contributed by atoms with Crippen molar-refractivity contribution in [2.75, 3.05) is 7.11 Å². The molecule has 0 fully saturated rings. The van der Waals surface area contributed by atoms with Crippen LogP contribution in [0.2, 0.25) is 10.2 Å². The zero-order chi connectivity index (χ0) is 14.4. The Morgan fingerprint density at radius 2 is 1.95 bits per heavy atom. The van der Waals surface area contributed by atoms with E-state index in [-0.39, 0.29) is 0 Å². The van der Waals surface area contributed by atoms with E-state index >= 15 is 0 Å². The quantitative estimate of drug-likeness (QED) is 0.887. The molecule has 2 rings (SSSR count). The number of aliphatic hydroxyl groups is 1.